The van der Waals surface area contributed by atoms with Crippen molar-refractivity contribution in [3.8, 4) is 0 Å². The Labute approximate surface area is 316 Å². The van der Waals surface area contributed by atoms with Crippen LogP contribution in [0.1, 0.15) is 101 Å². The van der Waals surface area contributed by atoms with Gasteiger partial charge in [0.1, 0.15) is 0 Å². The zero-order chi connectivity index (χ0) is 37.5. The van der Waals surface area contributed by atoms with Crippen LogP contribution in [0.5, 0.6) is 0 Å². The highest BCUT2D eigenvalue weighted by Crippen LogP contribution is 2.32. The Kier molecular flexibility index (Phi) is 16.1. The van der Waals surface area contributed by atoms with E-state index in [0.717, 1.165) is 24.8 Å². The van der Waals surface area contributed by atoms with Gasteiger partial charge in [-0.05, 0) is 67.8 Å². The molecule has 0 radical (unpaired) electrons. The summed E-state index contributed by atoms with van der Waals surface area (Å²) in [5.41, 5.74) is 8.42. The maximum absolute atomic E-state index is 13.9. The summed E-state index contributed by atoms with van der Waals surface area (Å²) in [4.78, 5) is 53.4. The lowest BCUT2D eigenvalue weighted by Gasteiger charge is -2.27. The molecule has 2 unspecified atom stereocenters. The molecule has 0 saturated heterocycles. The Morgan fingerprint density at radius 3 is 2.02 bits per heavy atom. The minimum absolute atomic E-state index is 0.0320. The van der Waals surface area contributed by atoms with E-state index in [2.05, 4.69) is 28.5 Å². The fourth-order valence-corrected chi connectivity index (χ4v) is 6.05. The number of rotatable bonds is 20. The summed E-state index contributed by atoms with van der Waals surface area (Å²) in [5, 5.41) is 7.27. The SMILES string of the molecule is CCCCCCCCCCCCOC(=O)C(C)OC(=O)c1ccc(Cl)c(NC(=O)C(C(=O)Nc2cc(CC)ccc2Cl)N2NNc3ccccc32)c1. The first-order valence-electron chi connectivity index (χ1n) is 18.1. The number of benzene rings is 3. The maximum atomic E-state index is 13.9. The number of anilines is 4. The summed E-state index contributed by atoms with van der Waals surface area (Å²) in [6.07, 6.45) is 11.2. The topological polar surface area (TPSA) is 138 Å². The number of nitrogens with zero attached hydrogens (tertiary/aromatic N) is 1. The van der Waals surface area contributed by atoms with Gasteiger partial charge in [-0.3, -0.25) is 14.6 Å². The normalized spacial score (nSPS) is 13.1. The molecule has 13 heteroatoms. The van der Waals surface area contributed by atoms with E-state index in [-0.39, 0.29) is 22.9 Å². The number of amides is 2. The first-order valence-corrected chi connectivity index (χ1v) is 18.9. The molecule has 4 N–H and O–H groups in total. The molecule has 0 aliphatic carbocycles. The van der Waals surface area contributed by atoms with Gasteiger partial charge in [0.15, 0.2) is 6.10 Å². The second-order valence-corrected chi connectivity index (χ2v) is 13.6. The van der Waals surface area contributed by atoms with Gasteiger partial charge in [0, 0.05) is 0 Å². The molecule has 1 aliphatic heterocycles. The van der Waals surface area contributed by atoms with Crippen molar-refractivity contribution in [1.82, 2.24) is 5.53 Å². The molecule has 0 saturated carbocycles. The average Bonchev–Trinajstić information content (AvgIpc) is 3.55. The number of esters is 2. The number of hydrogen-bond donors (Lipinski definition) is 4. The summed E-state index contributed by atoms with van der Waals surface area (Å²) in [5.74, 6) is -2.90. The van der Waals surface area contributed by atoms with Gasteiger partial charge in [0.05, 0.1) is 45.0 Å². The Hall–Kier alpha value is -4.32. The van der Waals surface area contributed by atoms with Crippen LogP contribution < -0.4 is 26.6 Å². The molecule has 1 heterocycles. The highest BCUT2D eigenvalue weighted by atomic mass is 35.5. The van der Waals surface area contributed by atoms with Gasteiger partial charge < -0.3 is 25.5 Å². The zero-order valence-corrected chi connectivity index (χ0v) is 31.6. The Morgan fingerprint density at radius 2 is 1.37 bits per heavy atom. The summed E-state index contributed by atoms with van der Waals surface area (Å²) in [7, 11) is 0. The molecule has 52 heavy (non-hydrogen) atoms. The number of aryl methyl sites for hydroxylation is 1. The fraction of sp³-hybridized carbons (Fsp3) is 0.436. The van der Waals surface area contributed by atoms with Crippen LogP contribution in [0.2, 0.25) is 10.0 Å². The van der Waals surface area contributed by atoms with E-state index in [9.17, 15) is 19.2 Å². The molecule has 0 fully saturated rings. The molecule has 0 spiro atoms. The van der Waals surface area contributed by atoms with E-state index in [0.29, 0.717) is 28.5 Å². The van der Waals surface area contributed by atoms with Crippen LogP contribution in [0.4, 0.5) is 22.7 Å². The molecule has 2 amide bonds. The quantitative estimate of drug-likeness (QED) is 0.0506. The number of carbonyl (C=O) groups excluding carboxylic acids is 4. The smallest absolute Gasteiger partial charge is 0.347 e. The third kappa shape index (κ3) is 11.6. The number of nitrogens with one attached hydrogen (secondary N) is 4. The predicted octanol–water partition coefficient (Wildman–Crippen LogP) is 8.86. The van der Waals surface area contributed by atoms with Gasteiger partial charge in [0.25, 0.3) is 11.8 Å². The Morgan fingerprint density at radius 1 is 0.769 bits per heavy atom. The fourth-order valence-electron chi connectivity index (χ4n) is 5.72. The first kappa shape index (κ1) is 40.5. The van der Waals surface area contributed by atoms with Gasteiger partial charge in [0.2, 0.25) is 6.04 Å². The van der Waals surface area contributed by atoms with Crippen molar-refractivity contribution in [1.29, 1.82) is 0 Å². The second-order valence-electron chi connectivity index (χ2n) is 12.8. The lowest BCUT2D eigenvalue weighted by atomic mass is 10.1. The molecule has 0 bridgehead atoms. The van der Waals surface area contributed by atoms with Crippen molar-refractivity contribution in [3.05, 3.63) is 81.8 Å². The number of halogens is 2. The minimum Gasteiger partial charge on any atom is -0.463 e. The Bertz CT molecular complexity index is 1690. The molecule has 11 nitrogen and oxygen atoms in total. The molecular weight excluding hydrogens is 705 g/mol. The number of para-hydroxylation sites is 2. The van der Waals surface area contributed by atoms with Crippen molar-refractivity contribution in [2.75, 3.05) is 27.7 Å². The number of hydrogen-bond acceptors (Lipinski definition) is 9. The highest BCUT2D eigenvalue weighted by Gasteiger charge is 2.38. The molecule has 4 rings (SSSR count). The van der Waals surface area contributed by atoms with E-state index >= 15 is 0 Å². The number of unbranched alkanes of at least 4 members (excludes halogenated alkanes) is 9. The third-order valence-corrected chi connectivity index (χ3v) is 9.40. The van der Waals surface area contributed by atoms with Crippen LogP contribution in [0.3, 0.4) is 0 Å². The molecule has 1 aliphatic rings. The first-order chi connectivity index (χ1) is 25.1. The molecule has 280 valence electrons. The molecule has 3 aromatic rings. The van der Waals surface area contributed by atoms with E-state index in [1.165, 1.54) is 75.1 Å². The van der Waals surface area contributed by atoms with Gasteiger partial charge in [-0.1, -0.05) is 113 Å². The van der Waals surface area contributed by atoms with Crippen LogP contribution in [-0.2, 0) is 30.3 Å². The standard InChI is InChI=1S/C39H49Cl2N5O6/c1-4-6-7-8-9-10-11-12-13-16-23-51-38(49)26(3)52-39(50)28-20-22-30(41)33(25-28)43-37(48)35(46-34-18-15-14-17-31(34)44-45-46)36(47)42-32-24-27(5-2)19-21-29(32)40/h14-15,17-22,24-26,35,44-45H,4-13,16,23H2,1-3H3,(H,42,47)(H,43,48). The monoisotopic (exact) mass is 753 g/mol. The largest absolute Gasteiger partial charge is 0.463 e. The molecular formula is C39H49Cl2N5O6. The summed E-state index contributed by atoms with van der Waals surface area (Å²) < 4.78 is 10.7. The molecule has 2 atom stereocenters. The second kappa shape index (κ2) is 20.7. The number of carbonyl (C=O) groups is 4. The van der Waals surface area contributed by atoms with Gasteiger partial charge in [-0.25, -0.2) is 9.59 Å². The van der Waals surface area contributed by atoms with Crippen molar-refractivity contribution in [3.63, 3.8) is 0 Å². The predicted molar refractivity (Wildman–Crippen MR) is 207 cm³/mol. The summed E-state index contributed by atoms with van der Waals surface area (Å²) >= 11 is 12.8. The van der Waals surface area contributed by atoms with Crippen LogP contribution in [0.15, 0.2) is 60.7 Å². The molecule has 3 aromatic carbocycles. The van der Waals surface area contributed by atoms with Crippen molar-refractivity contribution in [2.45, 2.75) is 104 Å². The van der Waals surface area contributed by atoms with E-state index in [4.69, 9.17) is 32.7 Å². The van der Waals surface area contributed by atoms with Gasteiger partial charge in [-0.2, -0.15) is 0 Å². The Balaban J connectivity index is 1.36. The summed E-state index contributed by atoms with van der Waals surface area (Å²) in [6.45, 7) is 5.89. The lowest BCUT2D eigenvalue weighted by molar-refractivity contribution is -0.153. The van der Waals surface area contributed by atoms with E-state index in [1.807, 2.05) is 19.1 Å². The van der Waals surface area contributed by atoms with Crippen LogP contribution in [0.25, 0.3) is 0 Å². The highest BCUT2D eigenvalue weighted by molar-refractivity contribution is 6.35. The lowest BCUT2D eigenvalue weighted by Crippen LogP contribution is -2.56. The van der Waals surface area contributed by atoms with E-state index in [1.54, 1.807) is 30.3 Å². The van der Waals surface area contributed by atoms with Crippen LogP contribution in [0, 0.1) is 0 Å². The minimum atomic E-state index is -1.48. The maximum Gasteiger partial charge on any atom is 0.347 e. The van der Waals surface area contributed by atoms with E-state index < -0.39 is 35.9 Å². The zero-order valence-electron chi connectivity index (χ0n) is 30.1. The average molecular weight is 755 g/mol. The van der Waals surface area contributed by atoms with Crippen LogP contribution >= 0.6 is 23.2 Å². The van der Waals surface area contributed by atoms with Crippen LogP contribution in [-0.4, -0.2) is 42.5 Å². The third-order valence-electron chi connectivity index (χ3n) is 8.74. The number of hydrazine groups is 2. The molecule has 0 aromatic heterocycles. The van der Waals surface area contributed by atoms with Crippen molar-refractivity contribution < 1.29 is 28.7 Å². The van der Waals surface area contributed by atoms with Gasteiger partial charge >= 0.3 is 11.9 Å². The van der Waals surface area contributed by atoms with Crippen molar-refractivity contribution >= 4 is 69.7 Å². The van der Waals surface area contributed by atoms with Crippen molar-refractivity contribution in [2.24, 2.45) is 0 Å². The summed E-state index contributed by atoms with van der Waals surface area (Å²) in [6, 6.07) is 15.1. The number of ether oxygens (including phenoxy) is 2. The number of fused-ring (bicyclic) bond motifs is 1. The van der Waals surface area contributed by atoms with Gasteiger partial charge in [-0.15, -0.1) is 5.53 Å².